The Morgan fingerprint density at radius 2 is 2.08 bits per heavy atom. The van der Waals surface area contributed by atoms with Gasteiger partial charge in [-0.25, -0.2) is 4.98 Å². The van der Waals surface area contributed by atoms with E-state index in [0.717, 1.165) is 51.8 Å². The number of fused-ring (bicyclic) bond motifs is 2. The summed E-state index contributed by atoms with van der Waals surface area (Å²) in [5.41, 5.74) is 5.47. The van der Waals surface area contributed by atoms with E-state index in [1.165, 1.54) is 18.4 Å². The first kappa shape index (κ1) is 17.2. The number of nitrogens with zero attached hydrogens (tertiary/aromatic N) is 2. The largest absolute Gasteiger partial charge is 0.497 e. The number of nitrogens with one attached hydrogen (secondary N) is 1. The zero-order valence-corrected chi connectivity index (χ0v) is 16.2. The van der Waals surface area contributed by atoms with Crippen molar-refractivity contribution >= 4 is 22.8 Å². The Labute approximate surface area is 157 Å². The van der Waals surface area contributed by atoms with Gasteiger partial charge in [-0.2, -0.15) is 0 Å². The second-order valence-electron chi connectivity index (χ2n) is 6.62. The molecule has 2 aromatic heterocycles. The Morgan fingerprint density at radius 1 is 1.19 bits per heavy atom. The number of aryl methyl sites for hydroxylation is 1. The van der Waals surface area contributed by atoms with Gasteiger partial charge < -0.3 is 14.5 Å². The van der Waals surface area contributed by atoms with Gasteiger partial charge in [-0.05, 0) is 38.3 Å². The highest BCUT2D eigenvalue weighted by Crippen LogP contribution is 2.44. The topological polar surface area (TPSA) is 60.0 Å². The third-order valence-corrected chi connectivity index (χ3v) is 6.07. The summed E-state index contributed by atoms with van der Waals surface area (Å²) >= 11 is 1.76. The second kappa shape index (κ2) is 7.19. The van der Waals surface area contributed by atoms with E-state index in [-0.39, 0.29) is 5.25 Å². The lowest BCUT2D eigenvalue weighted by Crippen LogP contribution is -2.04. The highest BCUT2D eigenvalue weighted by Gasteiger charge is 2.25. The monoisotopic (exact) mass is 369 g/mol. The zero-order chi connectivity index (χ0) is 18.1. The van der Waals surface area contributed by atoms with Gasteiger partial charge in [0.1, 0.15) is 11.5 Å². The molecule has 0 bridgehead atoms. The molecule has 3 aromatic rings. The van der Waals surface area contributed by atoms with Crippen molar-refractivity contribution < 1.29 is 9.47 Å². The van der Waals surface area contributed by atoms with Crippen LogP contribution >= 0.6 is 11.8 Å². The van der Waals surface area contributed by atoms with Crippen LogP contribution < -0.4 is 9.47 Å². The summed E-state index contributed by atoms with van der Waals surface area (Å²) in [6, 6.07) is 5.91. The number of ether oxygens (including phenoxy) is 2. The summed E-state index contributed by atoms with van der Waals surface area (Å²) in [7, 11) is 3.43. The molecule has 0 spiro atoms. The summed E-state index contributed by atoms with van der Waals surface area (Å²) in [5.74, 6) is 1.83. The summed E-state index contributed by atoms with van der Waals surface area (Å²) in [5, 5.41) is 1.21. The van der Waals surface area contributed by atoms with Gasteiger partial charge in [0.2, 0.25) is 0 Å². The number of benzene rings is 1. The molecule has 0 radical (unpaired) electrons. The summed E-state index contributed by atoms with van der Waals surface area (Å²) < 4.78 is 11.0. The van der Waals surface area contributed by atoms with Gasteiger partial charge in [0.25, 0.3) is 0 Å². The fraction of sp³-hybridized carbons (Fsp3) is 0.400. The maximum atomic E-state index is 5.68. The van der Waals surface area contributed by atoms with E-state index in [2.05, 4.69) is 11.9 Å². The molecule has 0 fully saturated rings. The minimum Gasteiger partial charge on any atom is -0.497 e. The predicted octanol–water partition coefficient (Wildman–Crippen LogP) is 4.84. The molecule has 1 N–H and O–H groups in total. The number of rotatable bonds is 4. The molecule has 0 saturated heterocycles. The van der Waals surface area contributed by atoms with Crippen molar-refractivity contribution in [2.75, 3.05) is 14.2 Å². The van der Waals surface area contributed by atoms with E-state index in [0.29, 0.717) is 0 Å². The van der Waals surface area contributed by atoms with Crippen molar-refractivity contribution in [2.24, 2.45) is 0 Å². The van der Waals surface area contributed by atoms with E-state index >= 15 is 0 Å². The van der Waals surface area contributed by atoms with Crippen molar-refractivity contribution in [1.29, 1.82) is 0 Å². The van der Waals surface area contributed by atoms with Crippen molar-refractivity contribution in [3.8, 4) is 11.5 Å². The number of aromatic amines is 1. The first-order valence-corrected chi connectivity index (χ1v) is 9.80. The van der Waals surface area contributed by atoms with Crippen LogP contribution in [-0.4, -0.2) is 29.2 Å². The predicted molar refractivity (Wildman–Crippen MR) is 104 cm³/mol. The van der Waals surface area contributed by atoms with E-state index in [4.69, 9.17) is 19.4 Å². The first-order chi connectivity index (χ1) is 12.7. The molecule has 6 heteroatoms. The van der Waals surface area contributed by atoms with Crippen molar-refractivity contribution in [3.63, 3.8) is 0 Å². The van der Waals surface area contributed by atoms with Crippen molar-refractivity contribution in [2.45, 2.75) is 43.0 Å². The number of methoxy groups -OCH3 is 2. The van der Waals surface area contributed by atoms with Crippen LogP contribution in [0, 0.1) is 6.92 Å². The van der Waals surface area contributed by atoms with E-state index < -0.39 is 0 Å². The van der Waals surface area contributed by atoms with E-state index in [1.807, 2.05) is 24.4 Å². The number of imidazole rings is 1. The fourth-order valence-corrected chi connectivity index (χ4v) is 4.82. The number of pyridine rings is 1. The third-order valence-electron chi connectivity index (χ3n) is 4.91. The molecule has 1 aromatic carbocycles. The Morgan fingerprint density at radius 3 is 2.88 bits per heavy atom. The van der Waals surface area contributed by atoms with Gasteiger partial charge in [0.05, 0.1) is 36.2 Å². The van der Waals surface area contributed by atoms with Gasteiger partial charge in [-0.3, -0.25) is 4.98 Å². The fourth-order valence-electron chi connectivity index (χ4n) is 3.63. The minimum atomic E-state index is 0.282. The summed E-state index contributed by atoms with van der Waals surface area (Å²) in [6.07, 6.45) is 6.41. The molecule has 0 aliphatic heterocycles. The maximum absolute atomic E-state index is 5.68. The Balaban J connectivity index is 1.68. The molecule has 4 rings (SSSR count). The number of hydrogen-bond donors (Lipinski definition) is 1. The van der Waals surface area contributed by atoms with Gasteiger partial charge >= 0.3 is 0 Å². The zero-order valence-electron chi connectivity index (χ0n) is 15.3. The van der Waals surface area contributed by atoms with Crippen molar-refractivity contribution in [3.05, 3.63) is 41.2 Å². The Bertz CT molecular complexity index is 938. The smallest absolute Gasteiger partial charge is 0.167 e. The van der Waals surface area contributed by atoms with Crippen LogP contribution in [0.5, 0.6) is 11.5 Å². The van der Waals surface area contributed by atoms with E-state index in [9.17, 15) is 0 Å². The van der Waals surface area contributed by atoms with Crippen molar-refractivity contribution in [1.82, 2.24) is 15.0 Å². The van der Waals surface area contributed by atoms with Gasteiger partial charge in [0.15, 0.2) is 5.16 Å². The molecular weight excluding hydrogens is 346 g/mol. The molecule has 5 nitrogen and oxygen atoms in total. The average molecular weight is 369 g/mol. The van der Waals surface area contributed by atoms with Crippen LogP contribution in [0.15, 0.2) is 29.6 Å². The van der Waals surface area contributed by atoms with Crippen LogP contribution in [0.2, 0.25) is 0 Å². The highest BCUT2D eigenvalue weighted by atomic mass is 32.2. The lowest BCUT2D eigenvalue weighted by Gasteiger charge is -2.18. The number of aromatic nitrogens is 3. The lowest BCUT2D eigenvalue weighted by molar-refractivity contribution is 0.404. The molecule has 0 saturated carbocycles. The number of thioether (sulfide) groups is 1. The Hall–Kier alpha value is -2.21. The molecule has 2 heterocycles. The second-order valence-corrected chi connectivity index (χ2v) is 7.81. The first-order valence-electron chi connectivity index (χ1n) is 8.92. The highest BCUT2D eigenvalue weighted by molar-refractivity contribution is 7.99. The van der Waals surface area contributed by atoms with Crippen LogP contribution in [-0.2, 0) is 6.42 Å². The normalized spacial score (nSPS) is 17.0. The van der Waals surface area contributed by atoms with Gasteiger partial charge in [-0.15, -0.1) is 0 Å². The molecule has 1 aliphatic carbocycles. The van der Waals surface area contributed by atoms with Crippen LogP contribution in [0.3, 0.4) is 0 Å². The number of hydrogen-bond acceptors (Lipinski definition) is 5. The van der Waals surface area contributed by atoms with Crippen LogP contribution in [0.1, 0.15) is 41.3 Å². The molecule has 26 heavy (non-hydrogen) atoms. The molecule has 1 aliphatic rings. The lowest BCUT2D eigenvalue weighted by atomic mass is 10.0. The van der Waals surface area contributed by atoms with Crippen LogP contribution in [0.25, 0.3) is 11.0 Å². The van der Waals surface area contributed by atoms with Crippen LogP contribution in [0.4, 0.5) is 0 Å². The van der Waals surface area contributed by atoms with Gasteiger partial charge in [-0.1, -0.05) is 18.2 Å². The van der Waals surface area contributed by atoms with E-state index in [1.54, 1.807) is 26.0 Å². The molecule has 136 valence electrons. The molecule has 1 atom stereocenters. The quantitative estimate of drug-likeness (QED) is 0.667. The maximum Gasteiger partial charge on any atom is 0.167 e. The molecule has 1 unspecified atom stereocenters. The number of H-pyrrole nitrogens is 1. The Kier molecular flexibility index (Phi) is 4.76. The average Bonchev–Trinajstić information content (AvgIpc) is 2.94. The molecular formula is C20H23N3O2S. The third kappa shape index (κ3) is 3.14. The summed E-state index contributed by atoms with van der Waals surface area (Å²) in [6.45, 7) is 2.06. The summed E-state index contributed by atoms with van der Waals surface area (Å²) in [4.78, 5) is 12.9. The minimum absolute atomic E-state index is 0.282. The SMILES string of the molecule is COc1ccc2nc(SC3CCCCc4c3ncc(C)c4OC)[nH]c2c1. The molecule has 0 amide bonds. The van der Waals surface area contributed by atoms with Gasteiger partial charge in [0, 0.05) is 23.4 Å². The standard InChI is InChI=1S/C20H23N3O2S/c1-12-11-21-18-14(19(12)25-3)6-4-5-7-17(18)26-20-22-15-9-8-13(24-2)10-16(15)23-20/h8-11,17H,4-7H2,1-3H3,(H,22,23).